The van der Waals surface area contributed by atoms with Crippen molar-refractivity contribution < 1.29 is 9.53 Å². The van der Waals surface area contributed by atoms with Crippen molar-refractivity contribution in [1.82, 2.24) is 9.97 Å². The molecule has 2 rings (SSSR count). The lowest BCUT2D eigenvalue weighted by atomic mass is 10.1. The number of halogens is 1. The van der Waals surface area contributed by atoms with Crippen LogP contribution in [0, 0.1) is 11.6 Å². The molecular weight excluding hydrogens is 272 g/mol. The number of esters is 1. The minimum Gasteiger partial charge on any atom is -0.462 e. The number of nitrogens with one attached hydrogen (secondary N) is 1. The van der Waals surface area contributed by atoms with Crippen LogP contribution in [0.4, 0.5) is 0 Å². The van der Waals surface area contributed by atoms with Crippen LogP contribution in [0.15, 0.2) is 18.3 Å². The van der Waals surface area contributed by atoms with Gasteiger partial charge in [0.15, 0.2) is 0 Å². The van der Waals surface area contributed by atoms with Crippen molar-refractivity contribution >= 4 is 41.5 Å². The summed E-state index contributed by atoms with van der Waals surface area (Å²) in [5.74, 6) is -0.363. The van der Waals surface area contributed by atoms with Gasteiger partial charge in [0.05, 0.1) is 23.4 Å². The van der Waals surface area contributed by atoms with Crippen molar-refractivity contribution in [1.29, 1.82) is 0 Å². The topological polar surface area (TPSA) is 55.0 Å². The summed E-state index contributed by atoms with van der Waals surface area (Å²) in [6.07, 6.45) is 1.74. The zero-order valence-electron chi connectivity index (χ0n) is 10.0. The number of ether oxygens (including phenoxy) is 1. The van der Waals surface area contributed by atoms with Crippen LogP contribution in [0.25, 0.3) is 10.9 Å². The van der Waals surface area contributed by atoms with E-state index in [-0.39, 0.29) is 18.4 Å². The second kappa shape index (κ2) is 5.93. The molecule has 0 aliphatic rings. The Balaban J connectivity index is 0.00000162. The van der Waals surface area contributed by atoms with Crippen LogP contribution < -0.4 is 0 Å². The standard InChI is InChI=1S/C12H12N2O2S.ClH/c1-3-16-12(15)8-6-9-10(14-7(8)2)4-5-13-11(9)17;/h4-6H,3H2,1-2H3,(H,13,17);1H. The van der Waals surface area contributed by atoms with Crippen molar-refractivity contribution in [3.8, 4) is 0 Å². The van der Waals surface area contributed by atoms with E-state index < -0.39 is 0 Å². The van der Waals surface area contributed by atoms with Crippen molar-refractivity contribution in [3.63, 3.8) is 0 Å². The Kier molecular flexibility index (Phi) is 4.81. The number of pyridine rings is 2. The summed E-state index contributed by atoms with van der Waals surface area (Å²) in [4.78, 5) is 19.0. The number of aromatic amines is 1. The lowest BCUT2D eigenvalue weighted by Crippen LogP contribution is -2.08. The van der Waals surface area contributed by atoms with E-state index in [4.69, 9.17) is 17.0 Å². The van der Waals surface area contributed by atoms with Gasteiger partial charge < -0.3 is 9.72 Å². The average molecular weight is 285 g/mol. The molecule has 0 unspecified atom stereocenters. The first-order valence-corrected chi connectivity index (χ1v) is 5.70. The molecule has 0 aromatic carbocycles. The Morgan fingerprint density at radius 2 is 2.28 bits per heavy atom. The predicted octanol–water partition coefficient (Wildman–Crippen LogP) is 3.20. The highest BCUT2D eigenvalue weighted by Gasteiger charge is 2.12. The highest BCUT2D eigenvalue weighted by molar-refractivity contribution is 7.71. The molecule has 2 aromatic rings. The number of hydrogen-bond donors (Lipinski definition) is 1. The van der Waals surface area contributed by atoms with E-state index in [9.17, 15) is 4.79 Å². The third kappa shape index (κ3) is 2.68. The highest BCUT2D eigenvalue weighted by atomic mass is 35.5. The molecule has 18 heavy (non-hydrogen) atoms. The summed E-state index contributed by atoms with van der Waals surface area (Å²) < 4.78 is 5.54. The van der Waals surface area contributed by atoms with E-state index in [1.54, 1.807) is 26.1 Å². The van der Waals surface area contributed by atoms with Crippen LogP contribution >= 0.6 is 24.6 Å². The maximum Gasteiger partial charge on any atom is 0.339 e. The van der Waals surface area contributed by atoms with Crippen LogP contribution in [-0.2, 0) is 4.74 Å². The summed E-state index contributed by atoms with van der Waals surface area (Å²) >= 11 is 5.16. The first kappa shape index (κ1) is 14.6. The molecule has 4 nitrogen and oxygen atoms in total. The van der Waals surface area contributed by atoms with Gasteiger partial charge in [-0.25, -0.2) is 4.79 Å². The Bertz CT molecular complexity index is 640. The maximum absolute atomic E-state index is 11.7. The third-order valence-corrected chi connectivity index (χ3v) is 2.78. The molecule has 96 valence electrons. The van der Waals surface area contributed by atoms with E-state index in [0.29, 0.717) is 22.5 Å². The number of carbonyl (C=O) groups is 1. The van der Waals surface area contributed by atoms with Crippen molar-refractivity contribution in [3.05, 3.63) is 34.2 Å². The molecule has 0 aliphatic carbocycles. The Hall–Kier alpha value is -1.46. The van der Waals surface area contributed by atoms with Gasteiger partial charge in [-0.15, -0.1) is 12.4 Å². The summed E-state index contributed by atoms with van der Waals surface area (Å²) in [6, 6.07) is 3.56. The van der Waals surface area contributed by atoms with Crippen molar-refractivity contribution in [2.24, 2.45) is 0 Å². The lowest BCUT2D eigenvalue weighted by molar-refractivity contribution is 0.0525. The van der Waals surface area contributed by atoms with Crippen LogP contribution in [0.5, 0.6) is 0 Å². The van der Waals surface area contributed by atoms with Gasteiger partial charge in [0, 0.05) is 11.6 Å². The van der Waals surface area contributed by atoms with E-state index in [2.05, 4.69) is 9.97 Å². The van der Waals surface area contributed by atoms with Crippen LogP contribution in [0.3, 0.4) is 0 Å². The van der Waals surface area contributed by atoms with Crippen LogP contribution in [0.1, 0.15) is 23.0 Å². The van der Waals surface area contributed by atoms with E-state index in [1.807, 2.05) is 6.07 Å². The monoisotopic (exact) mass is 284 g/mol. The summed E-state index contributed by atoms with van der Waals surface area (Å²) in [7, 11) is 0. The summed E-state index contributed by atoms with van der Waals surface area (Å²) in [6.45, 7) is 3.90. The predicted molar refractivity (Wildman–Crippen MR) is 74.9 cm³/mol. The molecule has 0 saturated heterocycles. The average Bonchev–Trinajstić information content (AvgIpc) is 2.29. The number of nitrogens with zero attached hydrogens (tertiary/aromatic N) is 1. The molecule has 6 heteroatoms. The number of fused-ring (bicyclic) bond motifs is 1. The molecule has 1 N–H and O–H groups in total. The molecule has 0 spiro atoms. The van der Waals surface area contributed by atoms with Gasteiger partial charge in [-0.05, 0) is 26.0 Å². The maximum atomic E-state index is 11.7. The molecule has 0 atom stereocenters. The number of aryl methyl sites for hydroxylation is 1. The SMILES string of the molecule is CCOC(=O)c1cc2c(=S)[nH]ccc2nc1C.Cl. The fourth-order valence-corrected chi connectivity index (χ4v) is 1.85. The van der Waals surface area contributed by atoms with E-state index >= 15 is 0 Å². The van der Waals surface area contributed by atoms with Crippen LogP contribution in [-0.4, -0.2) is 22.5 Å². The van der Waals surface area contributed by atoms with E-state index in [1.165, 1.54) is 0 Å². The van der Waals surface area contributed by atoms with Gasteiger partial charge in [0.25, 0.3) is 0 Å². The van der Waals surface area contributed by atoms with Gasteiger partial charge >= 0.3 is 5.97 Å². The Morgan fingerprint density at radius 1 is 1.56 bits per heavy atom. The highest BCUT2D eigenvalue weighted by Crippen LogP contribution is 2.17. The Labute approximate surface area is 116 Å². The summed E-state index contributed by atoms with van der Waals surface area (Å²) in [5, 5.41) is 0.760. The fraction of sp³-hybridized carbons (Fsp3) is 0.250. The number of carbonyl (C=O) groups excluding carboxylic acids is 1. The lowest BCUT2D eigenvalue weighted by Gasteiger charge is -2.06. The molecule has 2 aromatic heterocycles. The molecule has 0 radical (unpaired) electrons. The van der Waals surface area contributed by atoms with Crippen LogP contribution in [0.2, 0.25) is 0 Å². The molecule has 0 aliphatic heterocycles. The minimum absolute atomic E-state index is 0. The largest absolute Gasteiger partial charge is 0.462 e. The van der Waals surface area contributed by atoms with E-state index in [0.717, 1.165) is 10.9 Å². The summed E-state index contributed by atoms with van der Waals surface area (Å²) in [5.41, 5.74) is 1.89. The quantitative estimate of drug-likeness (QED) is 0.680. The van der Waals surface area contributed by atoms with Gasteiger partial charge in [0.1, 0.15) is 4.64 Å². The first-order valence-electron chi connectivity index (χ1n) is 5.29. The molecular formula is C12H13ClN2O2S. The molecule has 2 heterocycles. The second-order valence-electron chi connectivity index (χ2n) is 3.58. The number of aromatic nitrogens is 2. The minimum atomic E-state index is -0.363. The van der Waals surface area contributed by atoms with Crippen molar-refractivity contribution in [2.45, 2.75) is 13.8 Å². The molecule has 0 fully saturated rings. The van der Waals surface area contributed by atoms with Gasteiger partial charge in [-0.3, -0.25) is 4.98 Å². The fourth-order valence-electron chi connectivity index (χ4n) is 1.62. The van der Waals surface area contributed by atoms with Gasteiger partial charge in [-0.1, -0.05) is 12.2 Å². The zero-order valence-corrected chi connectivity index (χ0v) is 11.7. The van der Waals surface area contributed by atoms with Gasteiger partial charge in [-0.2, -0.15) is 0 Å². The number of hydrogen-bond acceptors (Lipinski definition) is 4. The normalized spacial score (nSPS) is 9.89. The van der Waals surface area contributed by atoms with Crippen molar-refractivity contribution in [2.75, 3.05) is 6.61 Å². The molecule has 0 saturated carbocycles. The smallest absolute Gasteiger partial charge is 0.339 e. The second-order valence-corrected chi connectivity index (χ2v) is 3.99. The zero-order chi connectivity index (χ0) is 12.4. The third-order valence-electron chi connectivity index (χ3n) is 2.44. The first-order chi connectivity index (χ1) is 8.13. The van der Waals surface area contributed by atoms with Gasteiger partial charge in [0.2, 0.25) is 0 Å². The molecule has 0 amide bonds. The number of rotatable bonds is 2. The molecule has 0 bridgehead atoms. The Morgan fingerprint density at radius 3 is 2.94 bits per heavy atom. The number of H-pyrrole nitrogens is 1.